The summed E-state index contributed by atoms with van der Waals surface area (Å²) in [6, 6.07) is -0.757. The minimum absolute atomic E-state index is 0.0260. The van der Waals surface area contributed by atoms with E-state index in [9.17, 15) is 14.4 Å². The maximum atomic E-state index is 11.1. The van der Waals surface area contributed by atoms with E-state index in [0.717, 1.165) is 12.8 Å². The van der Waals surface area contributed by atoms with Crippen molar-refractivity contribution in [2.75, 3.05) is 0 Å². The lowest BCUT2D eigenvalue weighted by atomic mass is 10.1. The fraction of sp³-hybridized carbons (Fsp3) is 0.444. The number of unbranched alkanes of at least 4 members (excludes halogenated alkanes) is 2. The molecule has 76 valence electrons. The Labute approximate surface area is 81.5 Å². The van der Waals surface area contributed by atoms with Gasteiger partial charge in [-0.25, -0.2) is 4.79 Å². The van der Waals surface area contributed by atoms with Gasteiger partial charge in [0.15, 0.2) is 0 Å². The smallest absolute Gasteiger partial charge is 0.273 e. The van der Waals surface area contributed by atoms with Crippen LogP contribution in [0.4, 0.5) is 4.79 Å². The van der Waals surface area contributed by atoms with Gasteiger partial charge in [0, 0.05) is 0 Å². The molecule has 14 heavy (non-hydrogen) atoms. The van der Waals surface area contributed by atoms with E-state index in [4.69, 9.17) is 0 Å². The number of barbiturate groups is 1. The van der Waals surface area contributed by atoms with Crippen LogP contribution in [0.25, 0.3) is 0 Å². The molecular formula is C9H12N2O3. The summed E-state index contributed by atoms with van der Waals surface area (Å²) in [6.45, 7) is 2.02. The van der Waals surface area contributed by atoms with Crippen LogP contribution < -0.4 is 10.6 Å². The highest BCUT2D eigenvalue weighted by atomic mass is 16.2. The van der Waals surface area contributed by atoms with E-state index >= 15 is 0 Å². The Bertz CT molecular complexity index is 285. The summed E-state index contributed by atoms with van der Waals surface area (Å²) >= 11 is 0. The zero-order chi connectivity index (χ0) is 10.6. The maximum Gasteiger partial charge on any atom is 0.328 e. The maximum absolute atomic E-state index is 11.1. The van der Waals surface area contributed by atoms with E-state index in [-0.39, 0.29) is 5.57 Å². The molecule has 5 heteroatoms. The Balaban J connectivity index is 2.67. The Kier molecular flexibility index (Phi) is 3.39. The predicted molar refractivity (Wildman–Crippen MR) is 49.3 cm³/mol. The van der Waals surface area contributed by atoms with Crippen molar-refractivity contribution < 1.29 is 14.4 Å². The Morgan fingerprint density at radius 3 is 2.21 bits per heavy atom. The van der Waals surface area contributed by atoms with Gasteiger partial charge < -0.3 is 0 Å². The highest BCUT2D eigenvalue weighted by Gasteiger charge is 2.26. The van der Waals surface area contributed by atoms with Crippen molar-refractivity contribution in [1.82, 2.24) is 10.6 Å². The molecule has 0 aromatic rings. The first-order chi connectivity index (χ1) is 6.65. The van der Waals surface area contributed by atoms with Gasteiger partial charge in [-0.05, 0) is 6.42 Å². The number of hydrogen-bond donors (Lipinski definition) is 2. The van der Waals surface area contributed by atoms with Crippen LogP contribution in [-0.4, -0.2) is 17.8 Å². The molecule has 5 nitrogen and oxygen atoms in total. The van der Waals surface area contributed by atoms with Crippen molar-refractivity contribution in [2.24, 2.45) is 0 Å². The third kappa shape index (κ3) is 2.42. The molecule has 1 fully saturated rings. The van der Waals surface area contributed by atoms with Gasteiger partial charge >= 0.3 is 6.03 Å². The zero-order valence-corrected chi connectivity index (χ0v) is 7.92. The number of nitrogens with one attached hydrogen (secondary N) is 2. The molecule has 0 bridgehead atoms. The van der Waals surface area contributed by atoms with Gasteiger partial charge in [0.2, 0.25) is 0 Å². The highest BCUT2D eigenvalue weighted by molar-refractivity contribution is 6.28. The van der Waals surface area contributed by atoms with E-state index in [1.807, 2.05) is 17.6 Å². The second kappa shape index (κ2) is 4.55. The van der Waals surface area contributed by atoms with Crippen molar-refractivity contribution in [3.8, 4) is 0 Å². The molecule has 0 spiro atoms. The lowest BCUT2D eigenvalue weighted by molar-refractivity contribution is -0.124. The van der Waals surface area contributed by atoms with Crippen LogP contribution >= 0.6 is 0 Å². The molecule has 0 aromatic heterocycles. The standard InChI is InChI=1S/C9H12N2O3/c1-2-3-4-5-6-7(12)10-9(14)11-8(6)13/h5H,2-4H2,1H3,(H2,10,11,12,13,14). The molecule has 1 heterocycles. The van der Waals surface area contributed by atoms with Crippen LogP contribution in [-0.2, 0) is 9.59 Å². The van der Waals surface area contributed by atoms with Gasteiger partial charge in [-0.2, -0.15) is 0 Å². The van der Waals surface area contributed by atoms with E-state index in [1.165, 1.54) is 0 Å². The molecule has 1 aliphatic rings. The first-order valence-corrected chi connectivity index (χ1v) is 4.52. The molecule has 0 aromatic carbocycles. The highest BCUT2D eigenvalue weighted by Crippen LogP contribution is 2.04. The predicted octanol–water partition coefficient (Wildman–Crippen LogP) is 0.469. The number of amides is 4. The topological polar surface area (TPSA) is 75.3 Å². The summed E-state index contributed by atoms with van der Waals surface area (Å²) in [5.74, 6) is -1.23. The monoisotopic (exact) mass is 196 g/mol. The van der Waals surface area contributed by atoms with Gasteiger partial charge in [0.05, 0.1) is 0 Å². The van der Waals surface area contributed by atoms with Crippen LogP contribution in [0, 0.1) is 0 Å². The number of allylic oxidation sites excluding steroid dienone is 1. The normalized spacial score (nSPS) is 16.4. The summed E-state index contributed by atoms with van der Waals surface area (Å²) in [6.07, 6.45) is 4.13. The molecule has 0 aliphatic carbocycles. The second-order valence-corrected chi connectivity index (χ2v) is 3.00. The fourth-order valence-electron chi connectivity index (χ4n) is 1.11. The molecule has 0 atom stereocenters. The summed E-state index contributed by atoms with van der Waals surface area (Å²) in [5, 5.41) is 4.02. The van der Waals surface area contributed by atoms with Crippen molar-refractivity contribution in [1.29, 1.82) is 0 Å². The van der Waals surface area contributed by atoms with Crippen LogP contribution in [0.5, 0.6) is 0 Å². The quantitative estimate of drug-likeness (QED) is 0.391. The lowest BCUT2D eigenvalue weighted by Gasteiger charge is -2.13. The molecule has 2 N–H and O–H groups in total. The zero-order valence-electron chi connectivity index (χ0n) is 7.92. The lowest BCUT2D eigenvalue weighted by Crippen LogP contribution is -2.51. The van der Waals surface area contributed by atoms with Gasteiger partial charge in [0.1, 0.15) is 5.57 Å². The van der Waals surface area contributed by atoms with Gasteiger partial charge in [-0.3, -0.25) is 20.2 Å². The number of hydrogen-bond acceptors (Lipinski definition) is 3. The van der Waals surface area contributed by atoms with Gasteiger partial charge in [-0.15, -0.1) is 0 Å². The molecule has 0 radical (unpaired) electrons. The second-order valence-electron chi connectivity index (χ2n) is 3.00. The summed E-state index contributed by atoms with van der Waals surface area (Å²) in [7, 11) is 0. The van der Waals surface area contributed by atoms with Crippen molar-refractivity contribution in [3.05, 3.63) is 11.6 Å². The third-order valence-corrected chi connectivity index (χ3v) is 1.85. The summed E-state index contributed by atoms with van der Waals surface area (Å²) in [5.41, 5.74) is 0.0260. The van der Waals surface area contributed by atoms with Crippen molar-refractivity contribution >= 4 is 17.8 Å². The average molecular weight is 196 g/mol. The number of urea groups is 1. The number of imide groups is 2. The van der Waals surface area contributed by atoms with Gasteiger partial charge in [0.25, 0.3) is 11.8 Å². The third-order valence-electron chi connectivity index (χ3n) is 1.85. The van der Waals surface area contributed by atoms with E-state index in [2.05, 4.69) is 0 Å². The summed E-state index contributed by atoms with van der Waals surface area (Å²) < 4.78 is 0. The van der Waals surface area contributed by atoms with E-state index in [0.29, 0.717) is 6.42 Å². The Morgan fingerprint density at radius 2 is 1.71 bits per heavy atom. The van der Waals surface area contributed by atoms with Crippen LogP contribution in [0.3, 0.4) is 0 Å². The van der Waals surface area contributed by atoms with E-state index < -0.39 is 17.8 Å². The minimum atomic E-state index is -0.757. The van der Waals surface area contributed by atoms with Crippen LogP contribution in [0.2, 0.25) is 0 Å². The first-order valence-electron chi connectivity index (χ1n) is 4.52. The average Bonchev–Trinajstić information content (AvgIpc) is 2.09. The molecule has 1 rings (SSSR count). The van der Waals surface area contributed by atoms with Gasteiger partial charge in [-0.1, -0.05) is 25.8 Å². The number of carbonyl (C=O) groups excluding carboxylic acids is 3. The van der Waals surface area contributed by atoms with Crippen molar-refractivity contribution in [3.63, 3.8) is 0 Å². The Hall–Kier alpha value is -1.65. The van der Waals surface area contributed by atoms with Crippen LogP contribution in [0.1, 0.15) is 26.2 Å². The molecule has 1 aliphatic heterocycles. The summed E-state index contributed by atoms with van der Waals surface area (Å²) in [4.78, 5) is 33.0. The first kappa shape index (κ1) is 10.4. The van der Waals surface area contributed by atoms with Crippen molar-refractivity contribution in [2.45, 2.75) is 26.2 Å². The SMILES string of the molecule is CCCCC=C1C(=O)NC(=O)NC1=O. The minimum Gasteiger partial charge on any atom is -0.273 e. The molecule has 4 amide bonds. The largest absolute Gasteiger partial charge is 0.328 e. The fourth-order valence-corrected chi connectivity index (χ4v) is 1.11. The molecule has 0 saturated carbocycles. The number of carbonyl (C=O) groups is 3. The number of rotatable bonds is 3. The van der Waals surface area contributed by atoms with Crippen LogP contribution in [0.15, 0.2) is 11.6 Å². The molecular weight excluding hydrogens is 184 g/mol. The molecule has 1 saturated heterocycles. The molecule has 0 unspecified atom stereocenters. The van der Waals surface area contributed by atoms with E-state index in [1.54, 1.807) is 6.08 Å². The Morgan fingerprint density at radius 1 is 1.14 bits per heavy atom.